The lowest BCUT2D eigenvalue weighted by atomic mass is 9.85. The summed E-state index contributed by atoms with van der Waals surface area (Å²) in [7, 11) is 0. The Morgan fingerprint density at radius 3 is 2.46 bits per heavy atom. The quantitative estimate of drug-likeness (QED) is 0.472. The van der Waals surface area contributed by atoms with Crippen molar-refractivity contribution in [1.82, 2.24) is 9.80 Å². The maximum absolute atomic E-state index is 12.7. The molecule has 2 fully saturated rings. The van der Waals surface area contributed by atoms with Gasteiger partial charge in [0.25, 0.3) is 0 Å². The summed E-state index contributed by atoms with van der Waals surface area (Å²) in [5, 5.41) is 0. The number of nitrogens with zero attached hydrogens (tertiary/aromatic N) is 2. The molecule has 1 saturated heterocycles. The molecule has 6 heteroatoms. The van der Waals surface area contributed by atoms with Crippen molar-refractivity contribution < 1.29 is 19.2 Å². The van der Waals surface area contributed by atoms with E-state index in [2.05, 4.69) is 0 Å². The molecule has 0 spiro atoms. The number of imide groups is 2. The Balaban J connectivity index is 1.81. The highest BCUT2D eigenvalue weighted by molar-refractivity contribution is 6.45. The van der Waals surface area contributed by atoms with Crippen LogP contribution in [0.2, 0.25) is 0 Å². The van der Waals surface area contributed by atoms with Crippen molar-refractivity contribution in [1.29, 1.82) is 0 Å². The topological polar surface area (TPSA) is 74.8 Å². The molecule has 0 unspecified atom stereocenters. The molecule has 0 bridgehead atoms. The third-order valence-electron chi connectivity index (χ3n) is 5.48. The van der Waals surface area contributed by atoms with Gasteiger partial charge in [-0.15, -0.1) is 0 Å². The van der Waals surface area contributed by atoms with E-state index in [0.717, 1.165) is 40.2 Å². The molecule has 1 aliphatic carbocycles. The number of ketones is 1. The van der Waals surface area contributed by atoms with Gasteiger partial charge in [0.2, 0.25) is 0 Å². The van der Waals surface area contributed by atoms with Gasteiger partial charge in [-0.05, 0) is 44.2 Å². The second kappa shape index (κ2) is 7.02. The molecule has 26 heavy (non-hydrogen) atoms. The SMILES string of the molecule is Cc1ccc(C)c(C(=O)CN2C(=O)C(=O)N([C@H]3CCCC[C@H]3C)C2=O)c1. The van der Waals surface area contributed by atoms with E-state index in [0.29, 0.717) is 12.0 Å². The van der Waals surface area contributed by atoms with Crippen LogP contribution in [-0.4, -0.2) is 46.0 Å². The first-order valence-corrected chi connectivity index (χ1v) is 9.10. The molecule has 0 aromatic heterocycles. The zero-order chi connectivity index (χ0) is 19.0. The number of amides is 4. The van der Waals surface area contributed by atoms with Crippen molar-refractivity contribution in [3.05, 3.63) is 34.9 Å². The summed E-state index contributed by atoms with van der Waals surface area (Å²) in [5.41, 5.74) is 2.18. The second-order valence-corrected chi connectivity index (χ2v) is 7.42. The highest BCUT2D eigenvalue weighted by Gasteiger charge is 2.49. The number of benzene rings is 1. The van der Waals surface area contributed by atoms with Gasteiger partial charge < -0.3 is 0 Å². The molecular formula is C20H24N2O4. The van der Waals surface area contributed by atoms with E-state index >= 15 is 0 Å². The average Bonchev–Trinajstić information content (AvgIpc) is 2.81. The van der Waals surface area contributed by atoms with Gasteiger partial charge in [0, 0.05) is 11.6 Å². The van der Waals surface area contributed by atoms with Gasteiger partial charge in [-0.25, -0.2) is 9.69 Å². The second-order valence-electron chi connectivity index (χ2n) is 7.42. The molecule has 1 aliphatic heterocycles. The minimum Gasteiger partial charge on any atom is -0.292 e. The van der Waals surface area contributed by atoms with Crippen LogP contribution in [0.3, 0.4) is 0 Å². The molecule has 4 amide bonds. The van der Waals surface area contributed by atoms with Crippen molar-refractivity contribution in [2.24, 2.45) is 5.92 Å². The monoisotopic (exact) mass is 356 g/mol. The number of hydrogen-bond donors (Lipinski definition) is 0. The Hall–Kier alpha value is -2.50. The van der Waals surface area contributed by atoms with Crippen molar-refractivity contribution >= 4 is 23.6 Å². The first-order valence-electron chi connectivity index (χ1n) is 9.10. The summed E-state index contributed by atoms with van der Waals surface area (Å²) in [6.45, 7) is 5.28. The predicted molar refractivity (Wildman–Crippen MR) is 95.6 cm³/mol. The third-order valence-corrected chi connectivity index (χ3v) is 5.48. The van der Waals surface area contributed by atoms with Gasteiger partial charge in [-0.1, -0.05) is 37.5 Å². The summed E-state index contributed by atoms with van der Waals surface area (Å²) in [6.07, 6.45) is 3.64. The lowest BCUT2D eigenvalue weighted by Crippen LogP contribution is -2.46. The number of aryl methyl sites for hydroxylation is 2. The number of rotatable bonds is 4. The summed E-state index contributed by atoms with van der Waals surface area (Å²) in [5.74, 6) is -1.87. The summed E-state index contributed by atoms with van der Waals surface area (Å²) in [6, 6.07) is 4.56. The van der Waals surface area contributed by atoms with Crippen LogP contribution in [-0.2, 0) is 9.59 Å². The van der Waals surface area contributed by atoms with E-state index in [1.807, 2.05) is 32.9 Å². The molecule has 6 nitrogen and oxygen atoms in total. The fourth-order valence-corrected chi connectivity index (χ4v) is 3.90. The zero-order valence-electron chi connectivity index (χ0n) is 15.4. The van der Waals surface area contributed by atoms with Gasteiger partial charge in [0.15, 0.2) is 5.78 Å². The number of carbonyl (C=O) groups is 4. The van der Waals surface area contributed by atoms with E-state index in [4.69, 9.17) is 0 Å². The van der Waals surface area contributed by atoms with Crippen molar-refractivity contribution in [3.8, 4) is 0 Å². The normalized spacial score (nSPS) is 23.7. The van der Waals surface area contributed by atoms with Crippen LogP contribution in [0.15, 0.2) is 18.2 Å². The van der Waals surface area contributed by atoms with Crippen molar-refractivity contribution in [3.63, 3.8) is 0 Å². The standard InChI is InChI=1S/C20H24N2O4/c1-12-8-9-13(2)15(10-12)17(23)11-21-18(24)19(25)22(20(21)26)16-7-5-4-6-14(16)3/h8-10,14,16H,4-7,11H2,1-3H3/t14-,16+/m1/s1. The summed E-state index contributed by atoms with van der Waals surface area (Å²) < 4.78 is 0. The van der Waals surface area contributed by atoms with E-state index in [-0.39, 0.29) is 17.7 Å². The van der Waals surface area contributed by atoms with Gasteiger partial charge >= 0.3 is 17.8 Å². The molecule has 1 aromatic carbocycles. The van der Waals surface area contributed by atoms with Crippen LogP contribution in [0.1, 0.15) is 54.1 Å². The molecular weight excluding hydrogens is 332 g/mol. The fourth-order valence-electron chi connectivity index (χ4n) is 3.90. The number of carbonyl (C=O) groups excluding carboxylic acids is 4. The van der Waals surface area contributed by atoms with E-state index < -0.39 is 24.4 Å². The van der Waals surface area contributed by atoms with Crippen LogP contribution in [0, 0.1) is 19.8 Å². The summed E-state index contributed by atoms with van der Waals surface area (Å²) in [4.78, 5) is 52.0. The van der Waals surface area contributed by atoms with Gasteiger partial charge in [0.1, 0.15) is 0 Å². The van der Waals surface area contributed by atoms with Crippen LogP contribution >= 0.6 is 0 Å². The molecule has 1 heterocycles. The Labute approximate surface area is 153 Å². The van der Waals surface area contributed by atoms with Crippen molar-refractivity contribution in [2.75, 3.05) is 6.54 Å². The van der Waals surface area contributed by atoms with Crippen LogP contribution in [0.5, 0.6) is 0 Å². The molecule has 0 N–H and O–H groups in total. The fraction of sp³-hybridized carbons (Fsp3) is 0.500. The first-order chi connectivity index (χ1) is 12.3. The van der Waals surface area contributed by atoms with Gasteiger partial charge in [-0.2, -0.15) is 0 Å². The van der Waals surface area contributed by atoms with Crippen molar-refractivity contribution in [2.45, 2.75) is 52.5 Å². The summed E-state index contributed by atoms with van der Waals surface area (Å²) >= 11 is 0. The number of Topliss-reactive ketones (excluding diaryl/α,β-unsaturated/α-hetero) is 1. The molecule has 138 valence electrons. The Morgan fingerprint density at radius 1 is 1.08 bits per heavy atom. The Bertz CT molecular complexity index is 786. The zero-order valence-corrected chi connectivity index (χ0v) is 15.4. The minimum absolute atomic E-state index is 0.166. The highest BCUT2D eigenvalue weighted by atomic mass is 16.2. The lowest BCUT2D eigenvalue weighted by molar-refractivity contribution is -0.144. The molecule has 1 aromatic rings. The van der Waals surface area contributed by atoms with Gasteiger partial charge in [0.05, 0.1) is 6.54 Å². The first kappa shape index (κ1) is 18.3. The van der Waals surface area contributed by atoms with Gasteiger partial charge in [-0.3, -0.25) is 19.3 Å². The molecule has 1 saturated carbocycles. The van der Waals surface area contributed by atoms with Crippen LogP contribution in [0.25, 0.3) is 0 Å². The minimum atomic E-state index is -0.897. The maximum atomic E-state index is 12.7. The van der Waals surface area contributed by atoms with E-state index in [9.17, 15) is 19.2 Å². The smallest absolute Gasteiger partial charge is 0.292 e. The number of urea groups is 1. The molecule has 2 atom stereocenters. The molecule has 2 aliphatic rings. The molecule has 3 rings (SSSR count). The lowest BCUT2D eigenvalue weighted by Gasteiger charge is -2.34. The Kier molecular flexibility index (Phi) is 4.94. The third kappa shape index (κ3) is 3.16. The molecule has 0 radical (unpaired) electrons. The largest absolute Gasteiger partial charge is 0.334 e. The van der Waals surface area contributed by atoms with Crippen LogP contribution in [0.4, 0.5) is 4.79 Å². The van der Waals surface area contributed by atoms with E-state index in [1.54, 1.807) is 6.07 Å². The average molecular weight is 356 g/mol. The Morgan fingerprint density at radius 2 is 1.77 bits per heavy atom. The number of hydrogen-bond acceptors (Lipinski definition) is 4. The van der Waals surface area contributed by atoms with E-state index in [1.165, 1.54) is 0 Å². The highest BCUT2D eigenvalue weighted by Crippen LogP contribution is 2.31. The maximum Gasteiger partial charge on any atom is 0.334 e. The van der Waals surface area contributed by atoms with Crippen LogP contribution < -0.4 is 0 Å². The predicted octanol–water partition coefficient (Wildman–Crippen LogP) is 2.86.